The van der Waals surface area contributed by atoms with Crippen LogP contribution in [0.25, 0.3) is 0 Å². The van der Waals surface area contributed by atoms with Gasteiger partial charge in [-0.25, -0.2) is 5.48 Å². The van der Waals surface area contributed by atoms with Crippen molar-refractivity contribution >= 4 is 6.41 Å². The van der Waals surface area contributed by atoms with Crippen LogP contribution >= 0.6 is 0 Å². The summed E-state index contributed by atoms with van der Waals surface area (Å²) >= 11 is 0. The van der Waals surface area contributed by atoms with Crippen molar-refractivity contribution in [3.05, 3.63) is 0 Å². The van der Waals surface area contributed by atoms with Crippen molar-refractivity contribution in [3.63, 3.8) is 0 Å². The summed E-state index contributed by atoms with van der Waals surface area (Å²) in [5.41, 5.74) is 7.13. The Bertz CT molecular complexity index is 210. The average molecular weight is 322 g/mol. The van der Waals surface area contributed by atoms with E-state index in [-0.39, 0.29) is 5.60 Å². The standard InChI is InChI=1S/C10H23NO3.C5H11NO2/c1-2-5-12-7-9-14-10-8-13-6-3-4-11;1-5(2,3)8-6-4-7/h2-11H2,1H3;4H,1-3H3,(H,6,7). The third-order valence-electron chi connectivity index (χ3n) is 2.00. The Balaban J connectivity index is 0. The first-order valence-electron chi connectivity index (χ1n) is 7.78. The van der Waals surface area contributed by atoms with Crippen molar-refractivity contribution in [3.8, 4) is 0 Å². The number of hydroxylamine groups is 1. The van der Waals surface area contributed by atoms with Gasteiger partial charge in [0.05, 0.1) is 32.0 Å². The van der Waals surface area contributed by atoms with E-state index in [1.807, 2.05) is 20.8 Å². The van der Waals surface area contributed by atoms with Crippen LogP contribution in [0.3, 0.4) is 0 Å². The van der Waals surface area contributed by atoms with Gasteiger partial charge in [-0.05, 0) is 40.2 Å². The third kappa shape index (κ3) is 27.6. The van der Waals surface area contributed by atoms with Crippen molar-refractivity contribution in [1.82, 2.24) is 5.48 Å². The minimum Gasteiger partial charge on any atom is -0.379 e. The first-order valence-corrected chi connectivity index (χ1v) is 7.78. The van der Waals surface area contributed by atoms with Gasteiger partial charge in [-0.3, -0.25) is 9.63 Å². The van der Waals surface area contributed by atoms with Crippen LogP contribution in [0.15, 0.2) is 0 Å². The molecule has 0 aromatic carbocycles. The Kier molecular flexibility index (Phi) is 19.6. The van der Waals surface area contributed by atoms with Crippen LogP contribution in [0.2, 0.25) is 0 Å². The van der Waals surface area contributed by atoms with Gasteiger partial charge in [0, 0.05) is 13.2 Å². The Morgan fingerprint density at radius 1 is 0.955 bits per heavy atom. The summed E-state index contributed by atoms with van der Waals surface area (Å²) in [6.45, 7) is 12.5. The maximum Gasteiger partial charge on any atom is 0.230 e. The summed E-state index contributed by atoms with van der Waals surface area (Å²) < 4.78 is 15.8. The number of hydrogen-bond donors (Lipinski definition) is 2. The average Bonchev–Trinajstić information content (AvgIpc) is 2.47. The van der Waals surface area contributed by atoms with Gasteiger partial charge in [-0.15, -0.1) is 0 Å². The van der Waals surface area contributed by atoms with Crippen LogP contribution in [0, 0.1) is 0 Å². The van der Waals surface area contributed by atoms with Gasteiger partial charge in [0.1, 0.15) is 0 Å². The number of nitrogens with one attached hydrogen (secondary N) is 1. The summed E-state index contributed by atoms with van der Waals surface area (Å²) in [5, 5.41) is 0. The second kappa shape index (κ2) is 18.3. The van der Waals surface area contributed by atoms with E-state index >= 15 is 0 Å². The molecular weight excluding hydrogens is 288 g/mol. The molecular formula is C15H34N2O5. The van der Waals surface area contributed by atoms with Gasteiger partial charge >= 0.3 is 0 Å². The zero-order valence-corrected chi connectivity index (χ0v) is 14.6. The van der Waals surface area contributed by atoms with Crippen molar-refractivity contribution in [2.45, 2.75) is 46.1 Å². The van der Waals surface area contributed by atoms with Crippen LogP contribution in [0.4, 0.5) is 0 Å². The van der Waals surface area contributed by atoms with E-state index in [0.29, 0.717) is 39.4 Å². The lowest BCUT2D eigenvalue weighted by Gasteiger charge is -2.16. The normalized spacial score (nSPS) is 10.8. The van der Waals surface area contributed by atoms with Crippen LogP contribution in [-0.4, -0.2) is 58.2 Å². The number of rotatable bonds is 13. The maximum atomic E-state index is 9.62. The summed E-state index contributed by atoms with van der Waals surface area (Å²) in [5.74, 6) is 0. The molecule has 0 aliphatic rings. The van der Waals surface area contributed by atoms with Gasteiger partial charge < -0.3 is 19.9 Å². The molecule has 0 saturated carbocycles. The summed E-state index contributed by atoms with van der Waals surface area (Å²) in [6, 6.07) is 0. The molecule has 0 saturated heterocycles. The Morgan fingerprint density at radius 3 is 1.82 bits per heavy atom. The largest absolute Gasteiger partial charge is 0.379 e. The number of hydrogen-bond acceptors (Lipinski definition) is 6. The van der Waals surface area contributed by atoms with E-state index in [1.54, 1.807) is 0 Å². The van der Waals surface area contributed by atoms with Gasteiger partial charge in [0.2, 0.25) is 6.41 Å². The van der Waals surface area contributed by atoms with E-state index in [0.717, 1.165) is 26.1 Å². The second-order valence-electron chi connectivity index (χ2n) is 5.43. The molecule has 0 heterocycles. The van der Waals surface area contributed by atoms with Gasteiger partial charge in [-0.1, -0.05) is 6.92 Å². The molecule has 0 aliphatic carbocycles. The molecule has 134 valence electrons. The molecule has 0 fully saturated rings. The highest BCUT2D eigenvalue weighted by molar-refractivity contribution is 5.43. The van der Waals surface area contributed by atoms with Gasteiger partial charge in [-0.2, -0.15) is 0 Å². The van der Waals surface area contributed by atoms with E-state index in [2.05, 4.69) is 12.4 Å². The predicted molar refractivity (Wildman–Crippen MR) is 86.5 cm³/mol. The molecule has 7 nitrogen and oxygen atoms in total. The molecule has 1 amide bonds. The molecule has 0 spiro atoms. The third-order valence-corrected chi connectivity index (χ3v) is 2.00. The lowest BCUT2D eigenvalue weighted by molar-refractivity contribution is -0.132. The summed E-state index contributed by atoms with van der Waals surface area (Å²) in [7, 11) is 0. The van der Waals surface area contributed by atoms with Crippen molar-refractivity contribution < 1.29 is 23.8 Å². The van der Waals surface area contributed by atoms with E-state index in [9.17, 15) is 4.79 Å². The molecule has 3 N–H and O–H groups in total. The zero-order valence-electron chi connectivity index (χ0n) is 14.6. The Labute approximate surface area is 134 Å². The van der Waals surface area contributed by atoms with Crippen LogP contribution in [0.1, 0.15) is 40.5 Å². The van der Waals surface area contributed by atoms with Gasteiger partial charge in [0.15, 0.2) is 0 Å². The second-order valence-corrected chi connectivity index (χ2v) is 5.43. The monoisotopic (exact) mass is 322 g/mol. The highest BCUT2D eigenvalue weighted by Crippen LogP contribution is 2.02. The van der Waals surface area contributed by atoms with Gasteiger partial charge in [0.25, 0.3) is 0 Å². The first-order chi connectivity index (χ1) is 10.5. The molecule has 0 unspecified atom stereocenters. The van der Waals surface area contributed by atoms with Crippen LogP contribution in [-0.2, 0) is 23.8 Å². The predicted octanol–water partition coefficient (Wildman–Crippen LogP) is 1.26. The number of ether oxygens (including phenoxy) is 3. The minimum absolute atomic E-state index is 0.291. The molecule has 0 aromatic heterocycles. The fourth-order valence-corrected chi connectivity index (χ4v) is 1.07. The van der Waals surface area contributed by atoms with E-state index in [1.165, 1.54) is 0 Å². The minimum atomic E-state index is -0.291. The zero-order chi connectivity index (χ0) is 17.1. The summed E-state index contributed by atoms with van der Waals surface area (Å²) in [6.07, 6.45) is 2.48. The van der Waals surface area contributed by atoms with Crippen LogP contribution in [0.5, 0.6) is 0 Å². The maximum absolute atomic E-state index is 9.62. The lowest BCUT2D eigenvalue weighted by atomic mass is 10.2. The number of amides is 1. The van der Waals surface area contributed by atoms with E-state index < -0.39 is 0 Å². The highest BCUT2D eigenvalue weighted by atomic mass is 16.7. The molecule has 7 heteroatoms. The quantitative estimate of drug-likeness (QED) is 0.301. The highest BCUT2D eigenvalue weighted by Gasteiger charge is 2.08. The van der Waals surface area contributed by atoms with Crippen molar-refractivity contribution in [1.29, 1.82) is 0 Å². The number of carbonyl (C=O) groups is 1. The first kappa shape index (κ1) is 23.5. The topological polar surface area (TPSA) is 92.0 Å². The van der Waals surface area contributed by atoms with Crippen molar-refractivity contribution in [2.24, 2.45) is 5.73 Å². The SMILES string of the molecule is CC(C)(C)ONC=O.CCCOCCOCCOCCCN. The fraction of sp³-hybridized carbons (Fsp3) is 0.933. The molecule has 0 aliphatic heterocycles. The molecule has 0 aromatic rings. The molecule has 0 radical (unpaired) electrons. The molecule has 0 atom stereocenters. The molecule has 0 bridgehead atoms. The summed E-state index contributed by atoms with van der Waals surface area (Å²) in [4.78, 5) is 14.4. The number of nitrogens with two attached hydrogens (primary N) is 1. The lowest BCUT2D eigenvalue weighted by Crippen LogP contribution is -2.27. The fourth-order valence-electron chi connectivity index (χ4n) is 1.07. The van der Waals surface area contributed by atoms with E-state index in [4.69, 9.17) is 24.8 Å². The Hall–Kier alpha value is -0.730. The Morgan fingerprint density at radius 2 is 1.45 bits per heavy atom. The molecule has 0 rings (SSSR count). The number of carbonyl (C=O) groups excluding carboxylic acids is 1. The smallest absolute Gasteiger partial charge is 0.230 e. The van der Waals surface area contributed by atoms with Crippen LogP contribution < -0.4 is 11.2 Å². The van der Waals surface area contributed by atoms with Crippen molar-refractivity contribution in [2.75, 3.05) is 46.2 Å². The molecule has 22 heavy (non-hydrogen) atoms.